The molecule has 1 aliphatic rings. The number of hydrogen-bond donors (Lipinski definition) is 3. The predicted octanol–water partition coefficient (Wildman–Crippen LogP) is 2.99. The number of hydrogen-bond acceptors (Lipinski definition) is 4. The molecular weight excluding hydrogens is 374 g/mol. The summed E-state index contributed by atoms with van der Waals surface area (Å²) in [5.74, 6) is 0.724. The van der Waals surface area contributed by atoms with Gasteiger partial charge >= 0.3 is 0 Å². The lowest BCUT2D eigenvalue weighted by atomic mass is 10.0. The molecule has 150 valence electrons. The SMILES string of the molecule is CCNC(=NCC(O)c1ccncc1)NC1CCCN(c2ccccc2Cl)C1. The zero-order valence-electron chi connectivity index (χ0n) is 16.2. The first-order valence-corrected chi connectivity index (χ1v) is 10.2. The minimum atomic E-state index is -0.649. The highest BCUT2D eigenvalue weighted by Crippen LogP contribution is 2.27. The van der Waals surface area contributed by atoms with E-state index in [9.17, 15) is 5.11 Å². The number of nitrogens with zero attached hydrogens (tertiary/aromatic N) is 3. The molecule has 3 N–H and O–H groups in total. The number of anilines is 1. The van der Waals surface area contributed by atoms with Crippen molar-refractivity contribution in [2.45, 2.75) is 31.9 Å². The van der Waals surface area contributed by atoms with E-state index in [2.05, 4.69) is 31.6 Å². The Morgan fingerprint density at radius 3 is 2.86 bits per heavy atom. The smallest absolute Gasteiger partial charge is 0.191 e. The summed E-state index contributed by atoms with van der Waals surface area (Å²) in [6, 6.07) is 11.8. The lowest BCUT2D eigenvalue weighted by Gasteiger charge is -2.35. The van der Waals surface area contributed by atoms with E-state index in [0.29, 0.717) is 6.54 Å². The van der Waals surface area contributed by atoms with Crippen LogP contribution in [0.4, 0.5) is 5.69 Å². The van der Waals surface area contributed by atoms with E-state index in [1.54, 1.807) is 12.4 Å². The predicted molar refractivity (Wildman–Crippen MR) is 115 cm³/mol. The Balaban J connectivity index is 1.62. The van der Waals surface area contributed by atoms with Gasteiger partial charge in [0.2, 0.25) is 0 Å². The molecule has 2 unspecified atom stereocenters. The van der Waals surface area contributed by atoms with Gasteiger partial charge in [0, 0.05) is 38.1 Å². The summed E-state index contributed by atoms with van der Waals surface area (Å²) in [6.45, 7) is 4.95. The molecule has 2 atom stereocenters. The third kappa shape index (κ3) is 5.59. The summed E-state index contributed by atoms with van der Waals surface area (Å²) in [6.07, 6.45) is 4.86. The fraction of sp³-hybridized carbons (Fsp3) is 0.429. The normalized spacial score (nSPS) is 18.6. The van der Waals surface area contributed by atoms with Gasteiger partial charge in [0.1, 0.15) is 0 Å². The number of guanidine groups is 1. The van der Waals surface area contributed by atoms with Crippen LogP contribution in [0.25, 0.3) is 0 Å². The highest BCUT2D eigenvalue weighted by Gasteiger charge is 2.22. The first-order valence-electron chi connectivity index (χ1n) is 9.79. The molecule has 2 heterocycles. The molecule has 1 aromatic heterocycles. The summed E-state index contributed by atoms with van der Waals surface area (Å²) < 4.78 is 0. The van der Waals surface area contributed by atoms with Gasteiger partial charge in [-0.1, -0.05) is 23.7 Å². The van der Waals surface area contributed by atoms with E-state index in [1.807, 2.05) is 37.3 Å². The van der Waals surface area contributed by atoms with Crippen LogP contribution in [0.1, 0.15) is 31.4 Å². The fourth-order valence-electron chi connectivity index (χ4n) is 3.40. The zero-order chi connectivity index (χ0) is 19.8. The topological polar surface area (TPSA) is 72.8 Å². The Bertz CT molecular complexity index is 770. The van der Waals surface area contributed by atoms with Gasteiger partial charge in [0.05, 0.1) is 23.4 Å². The van der Waals surface area contributed by atoms with Crippen LogP contribution in [0, 0.1) is 0 Å². The van der Waals surface area contributed by atoms with Crippen molar-refractivity contribution >= 4 is 23.2 Å². The quantitative estimate of drug-likeness (QED) is 0.512. The van der Waals surface area contributed by atoms with Crippen LogP contribution in [0.2, 0.25) is 5.02 Å². The number of aliphatic hydroxyl groups is 1. The monoisotopic (exact) mass is 401 g/mol. The third-order valence-electron chi connectivity index (χ3n) is 4.81. The van der Waals surface area contributed by atoms with E-state index >= 15 is 0 Å². The number of benzene rings is 1. The molecule has 1 aromatic carbocycles. The maximum atomic E-state index is 10.4. The molecule has 28 heavy (non-hydrogen) atoms. The largest absolute Gasteiger partial charge is 0.386 e. The van der Waals surface area contributed by atoms with Crippen molar-refractivity contribution in [3.63, 3.8) is 0 Å². The average Bonchev–Trinajstić information content (AvgIpc) is 2.73. The molecule has 3 rings (SSSR count). The Morgan fingerprint density at radius 1 is 1.32 bits per heavy atom. The van der Waals surface area contributed by atoms with Gasteiger partial charge < -0.3 is 20.6 Å². The zero-order valence-corrected chi connectivity index (χ0v) is 16.9. The second kappa shape index (κ2) is 10.3. The van der Waals surface area contributed by atoms with Crippen LogP contribution in [-0.2, 0) is 0 Å². The summed E-state index contributed by atoms with van der Waals surface area (Å²) in [4.78, 5) is 10.9. The first kappa shape index (κ1) is 20.4. The molecule has 1 fully saturated rings. The van der Waals surface area contributed by atoms with E-state index in [1.165, 1.54) is 0 Å². The van der Waals surface area contributed by atoms with Crippen molar-refractivity contribution in [3.05, 3.63) is 59.4 Å². The minimum Gasteiger partial charge on any atom is -0.386 e. The van der Waals surface area contributed by atoms with Crippen LogP contribution < -0.4 is 15.5 Å². The van der Waals surface area contributed by atoms with Crippen molar-refractivity contribution in [3.8, 4) is 0 Å². The lowest BCUT2D eigenvalue weighted by Crippen LogP contribution is -2.51. The maximum absolute atomic E-state index is 10.4. The molecule has 7 heteroatoms. The highest BCUT2D eigenvalue weighted by molar-refractivity contribution is 6.33. The summed E-state index contributed by atoms with van der Waals surface area (Å²) in [7, 11) is 0. The van der Waals surface area contributed by atoms with Crippen LogP contribution in [-0.4, -0.2) is 48.3 Å². The number of para-hydroxylation sites is 1. The molecular formula is C21H28ClN5O. The van der Waals surface area contributed by atoms with E-state index in [-0.39, 0.29) is 6.04 Å². The van der Waals surface area contributed by atoms with Gasteiger partial charge in [-0.2, -0.15) is 0 Å². The molecule has 2 aromatic rings. The third-order valence-corrected chi connectivity index (χ3v) is 5.13. The van der Waals surface area contributed by atoms with Gasteiger partial charge in [-0.25, -0.2) is 0 Å². The molecule has 6 nitrogen and oxygen atoms in total. The molecule has 0 saturated carbocycles. The molecule has 0 spiro atoms. The van der Waals surface area contributed by atoms with E-state index in [0.717, 1.165) is 54.7 Å². The molecule has 0 bridgehead atoms. The average molecular weight is 402 g/mol. The number of rotatable bonds is 6. The number of aliphatic hydroxyl groups excluding tert-OH is 1. The summed E-state index contributed by atoms with van der Waals surface area (Å²) in [5, 5.41) is 17.9. The first-order chi connectivity index (χ1) is 13.7. The number of piperidine rings is 1. The number of halogens is 1. The molecule has 1 aliphatic heterocycles. The van der Waals surface area contributed by atoms with Crippen LogP contribution in [0.5, 0.6) is 0 Å². The second-order valence-electron chi connectivity index (χ2n) is 6.90. The van der Waals surface area contributed by atoms with Gasteiger partial charge in [0.25, 0.3) is 0 Å². The van der Waals surface area contributed by atoms with Gasteiger partial charge in [-0.3, -0.25) is 9.98 Å². The Labute approximate surface area is 171 Å². The molecule has 0 aliphatic carbocycles. The number of aromatic nitrogens is 1. The standard InChI is InChI=1S/C21H28ClN5O/c1-2-24-21(25-14-20(28)16-9-11-23-12-10-16)26-17-6-5-13-27(15-17)19-8-4-3-7-18(19)22/h3-4,7-12,17,20,28H,2,5-6,13-15H2,1H3,(H2,24,25,26). The summed E-state index contributed by atoms with van der Waals surface area (Å²) >= 11 is 6.37. The van der Waals surface area contributed by atoms with Gasteiger partial charge in [-0.15, -0.1) is 0 Å². The van der Waals surface area contributed by atoms with Crippen molar-refractivity contribution < 1.29 is 5.11 Å². The Morgan fingerprint density at radius 2 is 2.11 bits per heavy atom. The highest BCUT2D eigenvalue weighted by atomic mass is 35.5. The van der Waals surface area contributed by atoms with Crippen LogP contribution in [0.15, 0.2) is 53.8 Å². The van der Waals surface area contributed by atoms with Crippen molar-refractivity contribution in [2.75, 3.05) is 31.1 Å². The number of aliphatic imine (C=N–C) groups is 1. The lowest BCUT2D eigenvalue weighted by molar-refractivity contribution is 0.187. The van der Waals surface area contributed by atoms with Crippen molar-refractivity contribution in [1.82, 2.24) is 15.6 Å². The van der Waals surface area contributed by atoms with Crippen LogP contribution in [0.3, 0.4) is 0 Å². The van der Waals surface area contributed by atoms with Crippen LogP contribution >= 0.6 is 11.6 Å². The fourth-order valence-corrected chi connectivity index (χ4v) is 3.66. The Hall–Kier alpha value is -2.31. The van der Waals surface area contributed by atoms with Crippen molar-refractivity contribution in [1.29, 1.82) is 0 Å². The molecule has 0 amide bonds. The molecule has 1 saturated heterocycles. The molecule has 0 radical (unpaired) electrons. The number of pyridine rings is 1. The maximum Gasteiger partial charge on any atom is 0.191 e. The minimum absolute atomic E-state index is 0.265. The van der Waals surface area contributed by atoms with Gasteiger partial charge in [-0.05, 0) is 49.6 Å². The number of nitrogens with one attached hydrogen (secondary N) is 2. The second-order valence-corrected chi connectivity index (χ2v) is 7.30. The Kier molecular flexibility index (Phi) is 7.51. The summed E-state index contributed by atoms with van der Waals surface area (Å²) in [5.41, 5.74) is 1.89. The van der Waals surface area contributed by atoms with Crippen molar-refractivity contribution in [2.24, 2.45) is 4.99 Å². The van der Waals surface area contributed by atoms with E-state index in [4.69, 9.17) is 11.6 Å². The van der Waals surface area contributed by atoms with E-state index < -0.39 is 6.10 Å². The van der Waals surface area contributed by atoms with Gasteiger partial charge in [0.15, 0.2) is 5.96 Å².